The quantitative estimate of drug-likeness (QED) is 0.530. The number of benzene rings is 1. The largest absolute Gasteiger partial charge is 0.289 e. The zero-order valence-electron chi connectivity index (χ0n) is 15.5. The lowest BCUT2D eigenvalue weighted by Crippen LogP contribution is -2.59. The van der Waals surface area contributed by atoms with E-state index >= 15 is 0 Å². The molecule has 0 bridgehead atoms. The highest BCUT2D eigenvalue weighted by Gasteiger charge is 2.38. The fourth-order valence-electron chi connectivity index (χ4n) is 3.76. The highest BCUT2D eigenvalue weighted by Crippen LogP contribution is 2.32. The van der Waals surface area contributed by atoms with Crippen LogP contribution in [0.5, 0.6) is 0 Å². The lowest BCUT2D eigenvalue weighted by Gasteiger charge is -2.49. The first-order valence-electron chi connectivity index (χ1n) is 9.12. The molecule has 0 saturated carbocycles. The van der Waals surface area contributed by atoms with E-state index in [1.807, 2.05) is 36.4 Å². The molecule has 0 N–H and O–H groups in total. The molecule has 0 fully saturated rings. The van der Waals surface area contributed by atoms with E-state index in [1.54, 1.807) is 0 Å². The van der Waals surface area contributed by atoms with Crippen molar-refractivity contribution in [2.24, 2.45) is 0 Å². The van der Waals surface area contributed by atoms with Crippen molar-refractivity contribution in [3.05, 3.63) is 59.7 Å². The normalized spacial score (nSPS) is 16.5. The third kappa shape index (κ3) is 3.52. The van der Waals surface area contributed by atoms with Crippen molar-refractivity contribution < 1.29 is 4.79 Å². The Bertz CT molecular complexity index is 584. The molecule has 2 rings (SSSR count). The summed E-state index contributed by atoms with van der Waals surface area (Å²) in [4.78, 5) is 17.6. The number of hydrogen-bond donors (Lipinski definition) is 0. The number of carbonyl (C=O) groups is 1. The van der Waals surface area contributed by atoms with E-state index in [1.165, 1.54) is 0 Å². The highest BCUT2D eigenvalue weighted by molar-refractivity contribution is 6.10. The van der Waals surface area contributed by atoms with Gasteiger partial charge in [-0.05, 0) is 32.3 Å². The molecule has 0 saturated heterocycles. The van der Waals surface area contributed by atoms with Gasteiger partial charge < -0.3 is 0 Å². The Morgan fingerprint density at radius 2 is 1.50 bits per heavy atom. The maximum absolute atomic E-state index is 12.7. The SMILES string of the molecule is CCN(CC)C1(N(CC)CC)C=CC(C(=O)c2ccccc2)=CC1. The molecule has 0 atom stereocenters. The number of carbonyl (C=O) groups excluding carboxylic acids is 1. The van der Waals surface area contributed by atoms with E-state index in [2.05, 4.69) is 49.6 Å². The van der Waals surface area contributed by atoms with Crippen molar-refractivity contribution in [2.45, 2.75) is 39.8 Å². The summed E-state index contributed by atoms with van der Waals surface area (Å²) in [5.41, 5.74) is 1.44. The Morgan fingerprint density at radius 3 is 1.92 bits per heavy atom. The minimum atomic E-state index is -0.118. The third-order valence-corrected chi connectivity index (χ3v) is 5.07. The molecule has 130 valence electrons. The Kier molecular flexibility index (Phi) is 6.52. The number of hydrogen-bond acceptors (Lipinski definition) is 3. The first kappa shape index (κ1) is 18.6. The van der Waals surface area contributed by atoms with Gasteiger partial charge in [0.25, 0.3) is 0 Å². The summed E-state index contributed by atoms with van der Waals surface area (Å²) in [6.45, 7) is 12.8. The van der Waals surface area contributed by atoms with Crippen molar-refractivity contribution in [1.29, 1.82) is 0 Å². The average molecular weight is 326 g/mol. The first-order chi connectivity index (χ1) is 11.6. The van der Waals surface area contributed by atoms with Gasteiger partial charge in [-0.15, -0.1) is 0 Å². The zero-order chi connectivity index (χ0) is 17.6. The second-order valence-electron chi connectivity index (χ2n) is 6.12. The second kappa shape index (κ2) is 8.41. The molecule has 0 unspecified atom stereocenters. The van der Waals surface area contributed by atoms with Gasteiger partial charge in [-0.1, -0.05) is 70.2 Å². The van der Waals surface area contributed by atoms with Crippen LogP contribution in [0.2, 0.25) is 0 Å². The second-order valence-corrected chi connectivity index (χ2v) is 6.12. The van der Waals surface area contributed by atoms with Crippen molar-refractivity contribution in [3.8, 4) is 0 Å². The molecule has 0 amide bonds. The molecule has 0 spiro atoms. The van der Waals surface area contributed by atoms with E-state index in [9.17, 15) is 4.79 Å². The predicted octanol–water partition coefficient (Wildman–Crippen LogP) is 4.14. The highest BCUT2D eigenvalue weighted by atomic mass is 16.1. The Hall–Kier alpha value is -1.71. The number of nitrogens with zero attached hydrogens (tertiary/aromatic N) is 2. The van der Waals surface area contributed by atoms with Gasteiger partial charge in [-0.3, -0.25) is 14.6 Å². The number of likely N-dealkylation sites (N-methyl/N-ethyl adjacent to an activating group) is 2. The minimum Gasteiger partial charge on any atom is -0.289 e. The summed E-state index contributed by atoms with van der Waals surface area (Å²) in [6.07, 6.45) is 7.23. The molecule has 0 heterocycles. The molecule has 0 aliphatic heterocycles. The molecule has 0 radical (unpaired) electrons. The van der Waals surface area contributed by atoms with Gasteiger partial charge in [0.15, 0.2) is 5.78 Å². The lowest BCUT2D eigenvalue weighted by atomic mass is 9.89. The van der Waals surface area contributed by atoms with Crippen molar-refractivity contribution in [3.63, 3.8) is 0 Å². The minimum absolute atomic E-state index is 0.111. The predicted molar refractivity (Wildman–Crippen MR) is 101 cm³/mol. The van der Waals surface area contributed by atoms with Crippen LogP contribution in [0.3, 0.4) is 0 Å². The summed E-state index contributed by atoms with van der Waals surface area (Å²) in [6, 6.07) is 9.53. The standard InChI is InChI=1S/C21H30N2O/c1-5-22(6-2)21(23(7-3)8-4)16-14-19(15-17-21)20(24)18-12-10-9-11-13-18/h9-16H,5-8,17H2,1-4H3. The van der Waals surface area contributed by atoms with Crippen LogP contribution in [-0.2, 0) is 0 Å². The summed E-state index contributed by atoms with van der Waals surface area (Å²) >= 11 is 0. The van der Waals surface area contributed by atoms with Crippen LogP contribution in [-0.4, -0.2) is 47.4 Å². The molecule has 1 aliphatic rings. The van der Waals surface area contributed by atoms with Crippen LogP contribution in [0.4, 0.5) is 0 Å². The average Bonchev–Trinajstić information content (AvgIpc) is 2.64. The van der Waals surface area contributed by atoms with Gasteiger partial charge in [0.1, 0.15) is 0 Å². The van der Waals surface area contributed by atoms with Crippen molar-refractivity contribution >= 4 is 5.78 Å². The van der Waals surface area contributed by atoms with E-state index < -0.39 is 0 Å². The number of allylic oxidation sites excluding steroid dienone is 2. The molecule has 3 nitrogen and oxygen atoms in total. The van der Waals surface area contributed by atoms with Crippen LogP contribution >= 0.6 is 0 Å². The summed E-state index contributed by atoms with van der Waals surface area (Å²) in [5.74, 6) is 0.111. The van der Waals surface area contributed by atoms with Gasteiger partial charge in [-0.25, -0.2) is 0 Å². The van der Waals surface area contributed by atoms with Gasteiger partial charge in [0.2, 0.25) is 0 Å². The fraction of sp³-hybridized carbons (Fsp3) is 0.476. The molecule has 1 aromatic carbocycles. The van der Waals surface area contributed by atoms with E-state index in [-0.39, 0.29) is 11.4 Å². The summed E-state index contributed by atoms with van der Waals surface area (Å²) in [5, 5.41) is 0. The van der Waals surface area contributed by atoms with Gasteiger partial charge >= 0.3 is 0 Å². The zero-order valence-corrected chi connectivity index (χ0v) is 15.5. The number of ketones is 1. The van der Waals surface area contributed by atoms with Gasteiger partial charge in [0, 0.05) is 17.6 Å². The van der Waals surface area contributed by atoms with E-state index in [0.29, 0.717) is 0 Å². The van der Waals surface area contributed by atoms with E-state index in [0.717, 1.165) is 43.7 Å². The Morgan fingerprint density at radius 1 is 0.958 bits per heavy atom. The fourth-order valence-corrected chi connectivity index (χ4v) is 3.76. The number of rotatable bonds is 8. The van der Waals surface area contributed by atoms with Gasteiger partial charge in [-0.2, -0.15) is 0 Å². The first-order valence-corrected chi connectivity index (χ1v) is 9.12. The van der Waals surface area contributed by atoms with Crippen LogP contribution in [0.1, 0.15) is 44.5 Å². The van der Waals surface area contributed by atoms with Gasteiger partial charge in [0.05, 0.1) is 5.66 Å². The number of Topliss-reactive ketones (excluding diaryl/α,β-unsaturated/α-hetero) is 1. The van der Waals surface area contributed by atoms with Crippen LogP contribution < -0.4 is 0 Å². The topological polar surface area (TPSA) is 23.6 Å². The molecule has 24 heavy (non-hydrogen) atoms. The third-order valence-electron chi connectivity index (χ3n) is 5.07. The Balaban J connectivity index is 2.29. The van der Waals surface area contributed by atoms with E-state index in [4.69, 9.17) is 0 Å². The van der Waals surface area contributed by atoms with Crippen LogP contribution in [0.25, 0.3) is 0 Å². The Labute approximate surface area is 146 Å². The maximum atomic E-state index is 12.7. The molecular weight excluding hydrogens is 296 g/mol. The molecule has 0 aromatic heterocycles. The summed E-state index contributed by atoms with van der Waals surface area (Å²) in [7, 11) is 0. The monoisotopic (exact) mass is 326 g/mol. The molecular formula is C21H30N2O. The van der Waals surface area contributed by atoms with Crippen LogP contribution in [0, 0.1) is 0 Å². The maximum Gasteiger partial charge on any atom is 0.192 e. The molecule has 3 heteroatoms. The smallest absolute Gasteiger partial charge is 0.192 e. The lowest BCUT2D eigenvalue weighted by molar-refractivity contribution is -0.00980. The summed E-state index contributed by atoms with van der Waals surface area (Å²) < 4.78 is 0. The van der Waals surface area contributed by atoms with Crippen molar-refractivity contribution in [2.75, 3.05) is 26.2 Å². The van der Waals surface area contributed by atoms with Crippen molar-refractivity contribution in [1.82, 2.24) is 9.80 Å². The molecule has 1 aromatic rings. The molecule has 1 aliphatic carbocycles. The van der Waals surface area contributed by atoms with Crippen LogP contribution in [0.15, 0.2) is 54.1 Å².